The van der Waals surface area contributed by atoms with Gasteiger partial charge in [0.1, 0.15) is 36.1 Å². The zero-order valence-corrected chi connectivity index (χ0v) is 37.1. The van der Waals surface area contributed by atoms with Crippen LogP contribution in [0.3, 0.4) is 0 Å². The highest BCUT2D eigenvalue weighted by Gasteiger charge is 2.35. The largest absolute Gasteiger partial charge is 0.348 e. The Hall–Kier alpha value is -7.30. The van der Waals surface area contributed by atoms with Crippen LogP contribution in [0.4, 0.5) is 11.4 Å². The number of aromatic nitrogens is 2. The second kappa shape index (κ2) is 16.5. The lowest BCUT2D eigenvalue weighted by atomic mass is 9.96. The minimum absolute atomic E-state index is 0.107. The van der Waals surface area contributed by atoms with Crippen molar-refractivity contribution in [2.24, 2.45) is 0 Å². The first-order valence-corrected chi connectivity index (χ1v) is 22.3. The lowest BCUT2D eigenvalue weighted by molar-refractivity contribution is -0.619. The molecule has 63 heavy (non-hydrogen) atoms. The van der Waals surface area contributed by atoms with Crippen LogP contribution in [0.15, 0.2) is 182 Å². The summed E-state index contributed by atoms with van der Waals surface area (Å²) in [7, 11) is 0. The summed E-state index contributed by atoms with van der Waals surface area (Å²) < 4.78 is 4.73. The van der Waals surface area contributed by atoms with Crippen molar-refractivity contribution in [1.29, 1.82) is 0 Å². The molecule has 4 heteroatoms. The summed E-state index contributed by atoms with van der Waals surface area (Å²) in [6.07, 6.45) is 0. The van der Waals surface area contributed by atoms with Gasteiger partial charge in [0, 0.05) is 11.4 Å². The zero-order valence-electron chi connectivity index (χ0n) is 37.1. The summed E-state index contributed by atoms with van der Waals surface area (Å²) in [5.41, 5.74) is 18.0. The van der Waals surface area contributed by atoms with E-state index in [0.29, 0.717) is 5.92 Å². The quantitative estimate of drug-likeness (QED) is 0.123. The molecule has 2 aliphatic rings. The molecule has 11 rings (SSSR count). The number of benzene rings is 7. The second-order valence-electron chi connectivity index (χ2n) is 17.6. The van der Waals surface area contributed by atoms with E-state index >= 15 is 0 Å². The Morgan fingerprint density at radius 2 is 1.08 bits per heavy atom. The van der Waals surface area contributed by atoms with E-state index in [2.05, 4.69) is 256 Å². The standard InChI is InChI=1S/C33H30N2.C26H24N2/c1-23(2)25-18-20-27(21-19-25)34-22-35-31(30-15-8-12-26-11-5-7-14-29(26)30)16-9-17-32(35)33(34)28-13-6-4-10-24(28)3;1-18-14-19(2)26(20(3)15-18)27-16-22-10-7-13-25(28(22)17-27)24-12-6-9-21-8-4-5-11-23(21)24/h4-23,33H,1-3H3;4-15,17H,16H2,1-3H3. The maximum atomic E-state index is 2.43. The molecule has 2 aromatic heterocycles. The van der Waals surface area contributed by atoms with Crippen molar-refractivity contribution < 1.29 is 9.13 Å². The topological polar surface area (TPSA) is 14.2 Å². The van der Waals surface area contributed by atoms with Crippen LogP contribution in [0.2, 0.25) is 0 Å². The summed E-state index contributed by atoms with van der Waals surface area (Å²) in [6.45, 7) is 18.7. The fourth-order valence-electron chi connectivity index (χ4n) is 9.96. The molecule has 0 radical (unpaired) electrons. The van der Waals surface area contributed by atoms with Gasteiger partial charge in [0.2, 0.25) is 0 Å². The Morgan fingerprint density at radius 1 is 0.524 bits per heavy atom. The van der Waals surface area contributed by atoms with Crippen molar-refractivity contribution in [1.82, 2.24) is 0 Å². The molecule has 0 spiro atoms. The third kappa shape index (κ3) is 7.36. The van der Waals surface area contributed by atoms with Gasteiger partial charge in [0.05, 0.1) is 12.6 Å². The van der Waals surface area contributed by atoms with Crippen molar-refractivity contribution in [2.45, 2.75) is 60.0 Å². The van der Waals surface area contributed by atoms with Crippen molar-refractivity contribution in [2.75, 3.05) is 9.80 Å². The number of hydrogen-bond donors (Lipinski definition) is 0. The lowest BCUT2D eigenvalue weighted by Crippen LogP contribution is -2.37. The van der Waals surface area contributed by atoms with Crippen LogP contribution >= 0.6 is 0 Å². The van der Waals surface area contributed by atoms with E-state index in [4.69, 9.17) is 0 Å². The highest BCUT2D eigenvalue weighted by atomic mass is 15.3. The Kier molecular flexibility index (Phi) is 10.4. The summed E-state index contributed by atoms with van der Waals surface area (Å²) in [6, 6.07) is 66.2. The smallest absolute Gasteiger partial charge is 0.145 e. The Balaban J connectivity index is 0.000000153. The molecule has 0 saturated heterocycles. The van der Waals surface area contributed by atoms with Crippen molar-refractivity contribution >= 4 is 32.9 Å². The van der Waals surface area contributed by atoms with E-state index in [9.17, 15) is 0 Å². The van der Waals surface area contributed by atoms with E-state index in [1.54, 1.807) is 0 Å². The predicted molar refractivity (Wildman–Crippen MR) is 261 cm³/mol. The first-order valence-electron chi connectivity index (χ1n) is 22.3. The van der Waals surface area contributed by atoms with E-state index in [-0.39, 0.29) is 6.04 Å². The highest BCUT2D eigenvalue weighted by molar-refractivity contribution is 5.96. The monoisotopic (exact) mass is 818 g/mol. The average molecular weight is 819 g/mol. The summed E-state index contributed by atoms with van der Waals surface area (Å²) in [5.74, 6) is 0.517. The molecule has 0 fully saturated rings. The van der Waals surface area contributed by atoms with E-state index in [0.717, 1.165) is 6.54 Å². The molecule has 0 saturated carbocycles. The molecular formula is C59H54N4. The molecule has 4 heterocycles. The Bertz CT molecular complexity index is 3110. The first-order chi connectivity index (χ1) is 30.7. The van der Waals surface area contributed by atoms with Crippen molar-refractivity contribution in [3.63, 3.8) is 0 Å². The van der Waals surface area contributed by atoms with Crippen LogP contribution < -0.4 is 18.9 Å². The molecule has 0 N–H and O–H groups in total. The fourth-order valence-corrected chi connectivity index (χ4v) is 9.96. The Morgan fingerprint density at radius 3 is 1.71 bits per heavy atom. The van der Waals surface area contributed by atoms with Gasteiger partial charge in [-0.1, -0.05) is 171 Å². The van der Waals surface area contributed by atoms with E-state index in [1.807, 2.05) is 0 Å². The van der Waals surface area contributed by atoms with Crippen LogP contribution in [0.25, 0.3) is 44.1 Å². The van der Waals surface area contributed by atoms with Crippen LogP contribution in [0.5, 0.6) is 0 Å². The minimum atomic E-state index is 0.107. The normalized spacial score (nSPS) is 14.0. The zero-order chi connectivity index (χ0) is 43.2. The third-order valence-corrected chi connectivity index (χ3v) is 13.0. The maximum Gasteiger partial charge on any atom is 0.145 e. The molecule has 4 nitrogen and oxygen atoms in total. The number of pyridine rings is 2. The van der Waals surface area contributed by atoms with Gasteiger partial charge in [-0.25, -0.2) is 0 Å². The molecule has 2 aliphatic heterocycles. The molecule has 1 atom stereocenters. The molecule has 0 aliphatic carbocycles. The van der Waals surface area contributed by atoms with Crippen LogP contribution in [-0.4, -0.2) is 0 Å². The van der Waals surface area contributed by atoms with Crippen LogP contribution in [0, 0.1) is 41.0 Å². The molecule has 0 bridgehead atoms. The minimum Gasteiger partial charge on any atom is -0.348 e. The molecule has 9 aromatic rings. The number of hydrogen-bond acceptors (Lipinski definition) is 2. The third-order valence-electron chi connectivity index (χ3n) is 13.0. The fraction of sp³-hybridized carbons (Fsp3) is 0.153. The predicted octanol–water partition coefficient (Wildman–Crippen LogP) is 13.5. The highest BCUT2D eigenvalue weighted by Crippen LogP contribution is 2.40. The molecule has 1 unspecified atom stereocenters. The summed E-state index contributed by atoms with van der Waals surface area (Å²) >= 11 is 0. The molecule has 0 amide bonds. The van der Waals surface area contributed by atoms with Gasteiger partial charge in [-0.3, -0.25) is 0 Å². The number of fused-ring (bicyclic) bond motifs is 4. The Labute approximate surface area is 373 Å². The number of nitrogens with zero attached hydrogens (tertiary/aromatic N) is 4. The van der Waals surface area contributed by atoms with Gasteiger partial charge < -0.3 is 18.9 Å². The summed E-state index contributed by atoms with van der Waals surface area (Å²) in [5, 5.41) is 5.10. The van der Waals surface area contributed by atoms with Crippen LogP contribution in [-0.2, 0) is 6.54 Å². The van der Waals surface area contributed by atoms with Gasteiger partial charge in [-0.05, 0) is 124 Å². The van der Waals surface area contributed by atoms with Gasteiger partial charge in [0.15, 0.2) is 0 Å². The van der Waals surface area contributed by atoms with Gasteiger partial charge in [-0.2, -0.15) is 0 Å². The van der Waals surface area contributed by atoms with Gasteiger partial charge >= 0.3 is 0 Å². The number of rotatable bonds is 6. The molecule has 7 aromatic carbocycles. The molecule has 310 valence electrons. The SMILES string of the molecule is Cc1cc(C)c(N2[CH-][n+]3c(cccc3-c3cccc4ccccc34)C2)c(C)c1.Cc1ccccc1C1c2cccc(-c3cccc4ccccc34)[n+]2[CH-]N1c1ccc(C(C)C)cc1. The number of anilines is 2. The lowest BCUT2D eigenvalue weighted by Gasteiger charge is -2.27. The summed E-state index contributed by atoms with van der Waals surface area (Å²) in [4.78, 5) is 4.81. The van der Waals surface area contributed by atoms with Gasteiger partial charge in [-0.15, -0.1) is 0 Å². The molecular weight excluding hydrogens is 765 g/mol. The van der Waals surface area contributed by atoms with E-state index < -0.39 is 0 Å². The second-order valence-corrected chi connectivity index (χ2v) is 17.6. The van der Waals surface area contributed by atoms with Crippen molar-refractivity contribution in [3.05, 3.63) is 240 Å². The average Bonchev–Trinajstić information content (AvgIpc) is 3.91. The van der Waals surface area contributed by atoms with Gasteiger partial charge in [0.25, 0.3) is 0 Å². The maximum absolute atomic E-state index is 2.43. The van der Waals surface area contributed by atoms with E-state index in [1.165, 1.54) is 100 Å². The first kappa shape index (κ1) is 39.8. The van der Waals surface area contributed by atoms with Crippen LogP contribution in [0.1, 0.15) is 70.6 Å². The number of aryl methyl sites for hydroxylation is 4. The van der Waals surface area contributed by atoms with Crippen molar-refractivity contribution in [3.8, 4) is 22.5 Å².